The zero-order valence-corrected chi connectivity index (χ0v) is 20.2. The quantitative estimate of drug-likeness (QED) is 0.363. The molecule has 4 rings (SSSR count). The summed E-state index contributed by atoms with van der Waals surface area (Å²) >= 11 is 12.7. The Hall–Kier alpha value is -2.68. The fraction of sp³-hybridized carbons (Fsp3) is 0.227. The van der Waals surface area contributed by atoms with Crippen molar-refractivity contribution in [2.75, 3.05) is 12.5 Å². The molecule has 7 nitrogen and oxygen atoms in total. The van der Waals surface area contributed by atoms with Gasteiger partial charge >= 0.3 is 0 Å². The summed E-state index contributed by atoms with van der Waals surface area (Å²) in [7, 11) is -2.28. The minimum atomic E-state index is -2.28. The van der Waals surface area contributed by atoms with Crippen LogP contribution in [0.25, 0.3) is 22.2 Å². The molecule has 4 aromatic rings. The summed E-state index contributed by atoms with van der Waals surface area (Å²) in [5, 5.41) is 9.28. The Kier molecular flexibility index (Phi) is 6.11. The first kappa shape index (κ1) is 22.5. The van der Waals surface area contributed by atoms with Crippen LogP contribution < -0.4 is 4.74 Å². The molecule has 32 heavy (non-hydrogen) atoms. The van der Waals surface area contributed by atoms with Crippen molar-refractivity contribution in [1.29, 1.82) is 0 Å². The Bertz CT molecular complexity index is 1420. The molecular formula is C22H21Cl2N5O2S. The second-order valence-electron chi connectivity index (χ2n) is 7.64. The third-order valence-corrected chi connectivity index (χ3v) is 6.18. The van der Waals surface area contributed by atoms with Gasteiger partial charge in [0.15, 0.2) is 5.82 Å². The van der Waals surface area contributed by atoms with Gasteiger partial charge in [0.05, 0.1) is 21.3 Å². The molecule has 0 unspecified atom stereocenters. The zero-order chi connectivity index (χ0) is 23.0. The van der Waals surface area contributed by atoms with Crippen molar-refractivity contribution in [2.45, 2.75) is 20.0 Å². The number of rotatable bonds is 5. The van der Waals surface area contributed by atoms with E-state index in [4.69, 9.17) is 27.9 Å². The molecule has 3 heterocycles. The van der Waals surface area contributed by atoms with Gasteiger partial charge in [0, 0.05) is 51.1 Å². The van der Waals surface area contributed by atoms with E-state index in [1.54, 1.807) is 31.0 Å². The molecule has 10 heteroatoms. The predicted octanol–water partition coefficient (Wildman–Crippen LogP) is 6.13. The van der Waals surface area contributed by atoms with E-state index in [0.717, 1.165) is 22.2 Å². The Morgan fingerprint density at radius 2 is 1.91 bits per heavy atom. The monoisotopic (exact) mass is 489 g/mol. The third-order valence-electron chi connectivity index (χ3n) is 4.77. The highest BCUT2D eigenvalue weighted by Crippen LogP contribution is 2.36. The maximum absolute atomic E-state index is 11.9. The van der Waals surface area contributed by atoms with Crippen molar-refractivity contribution < 1.29 is 8.95 Å². The number of hydrogen-bond donors (Lipinski definition) is 1. The highest BCUT2D eigenvalue weighted by atomic mass is 35.5. The number of benzene rings is 1. The number of aromatic amines is 1. The second-order valence-corrected chi connectivity index (χ2v) is 11.0. The Morgan fingerprint density at radius 3 is 2.59 bits per heavy atom. The number of ether oxygens (including phenoxy) is 1. The molecule has 0 saturated carbocycles. The van der Waals surface area contributed by atoms with Gasteiger partial charge in [-0.25, -0.2) is 9.19 Å². The highest BCUT2D eigenvalue weighted by molar-refractivity contribution is 7.92. The van der Waals surface area contributed by atoms with Crippen LogP contribution in [0.3, 0.4) is 0 Å². The van der Waals surface area contributed by atoms with Gasteiger partial charge in [-0.2, -0.15) is 9.46 Å². The molecule has 1 N–H and O–H groups in total. The van der Waals surface area contributed by atoms with Gasteiger partial charge in [0.2, 0.25) is 0 Å². The van der Waals surface area contributed by atoms with Crippen LogP contribution in [0.4, 0.5) is 5.82 Å². The van der Waals surface area contributed by atoms with Gasteiger partial charge in [0.25, 0.3) is 0 Å². The van der Waals surface area contributed by atoms with Crippen molar-refractivity contribution in [3.05, 3.63) is 64.0 Å². The molecular weight excluding hydrogens is 469 g/mol. The number of nitrogens with zero attached hydrogens (tertiary/aromatic N) is 4. The average molecular weight is 490 g/mol. The molecule has 0 fully saturated rings. The minimum Gasteiger partial charge on any atom is -0.486 e. The summed E-state index contributed by atoms with van der Waals surface area (Å²) in [4.78, 5) is 8.47. The lowest BCUT2D eigenvalue weighted by Gasteiger charge is -2.18. The second kappa shape index (κ2) is 8.69. The van der Waals surface area contributed by atoms with E-state index in [-0.39, 0.29) is 6.10 Å². The molecule has 1 atom stereocenters. The van der Waals surface area contributed by atoms with Gasteiger partial charge in [0.1, 0.15) is 17.5 Å². The third kappa shape index (κ3) is 4.72. The lowest BCUT2D eigenvalue weighted by molar-refractivity contribution is 0.227. The normalized spacial score (nSPS) is 12.7. The molecule has 0 aliphatic carbocycles. The largest absolute Gasteiger partial charge is 0.486 e. The molecule has 0 bridgehead atoms. The molecule has 0 radical (unpaired) electrons. The zero-order valence-electron chi connectivity index (χ0n) is 17.9. The summed E-state index contributed by atoms with van der Waals surface area (Å²) in [6.45, 7) is 3.71. The van der Waals surface area contributed by atoms with Crippen LogP contribution in [-0.2, 0) is 9.73 Å². The summed E-state index contributed by atoms with van der Waals surface area (Å²) in [6.07, 6.45) is 5.99. The van der Waals surface area contributed by atoms with Crippen molar-refractivity contribution in [3.63, 3.8) is 0 Å². The van der Waals surface area contributed by atoms with Crippen molar-refractivity contribution >= 4 is 49.7 Å². The summed E-state index contributed by atoms with van der Waals surface area (Å²) in [6, 6.07) is 9.23. The number of nitrogens with one attached hydrogen (secondary N) is 1. The summed E-state index contributed by atoms with van der Waals surface area (Å²) in [5.74, 6) is 1.06. The SMILES string of the molecule is Cc1ncc(Cl)c([C@@H](C)Oc2ccc3[nH]nc(-c4ccc(N=S(C)(C)=O)nc4)c3c2)c1Cl. The lowest BCUT2D eigenvalue weighted by Crippen LogP contribution is -2.06. The van der Waals surface area contributed by atoms with E-state index in [9.17, 15) is 4.21 Å². The Balaban J connectivity index is 1.67. The van der Waals surface area contributed by atoms with Gasteiger partial charge in [-0.1, -0.05) is 23.2 Å². The predicted molar refractivity (Wildman–Crippen MR) is 129 cm³/mol. The van der Waals surface area contributed by atoms with Gasteiger partial charge in [-0.15, -0.1) is 0 Å². The highest BCUT2D eigenvalue weighted by Gasteiger charge is 2.19. The van der Waals surface area contributed by atoms with E-state index < -0.39 is 9.73 Å². The molecule has 0 saturated heterocycles. The molecule has 3 aromatic heterocycles. The van der Waals surface area contributed by atoms with Crippen LogP contribution in [0.15, 0.2) is 47.1 Å². The van der Waals surface area contributed by atoms with Crippen LogP contribution in [0.1, 0.15) is 24.3 Å². The number of H-pyrrole nitrogens is 1. The Morgan fingerprint density at radius 1 is 1.12 bits per heavy atom. The molecule has 0 aliphatic heterocycles. The number of halogens is 2. The van der Waals surface area contributed by atoms with E-state index in [1.165, 1.54) is 0 Å². The van der Waals surface area contributed by atoms with Gasteiger partial charge in [-0.05, 0) is 44.2 Å². The van der Waals surface area contributed by atoms with E-state index in [0.29, 0.717) is 32.9 Å². The maximum atomic E-state index is 11.9. The van der Waals surface area contributed by atoms with E-state index in [2.05, 4.69) is 24.5 Å². The fourth-order valence-corrected chi connectivity index (χ4v) is 4.52. The standard InChI is InChI=1S/C22H21Cl2N5O2S/c1-12-21(24)20(17(23)11-25-12)13(2)31-15-6-7-18-16(9-15)22(28-27-18)14-5-8-19(26-10-14)29-32(3,4)30/h5-11,13H,1-4H3,(H,27,28)/t13-/m1/s1. The van der Waals surface area contributed by atoms with Crippen LogP contribution in [-0.4, -0.2) is 36.9 Å². The van der Waals surface area contributed by atoms with E-state index in [1.807, 2.05) is 38.1 Å². The average Bonchev–Trinajstić information content (AvgIpc) is 3.14. The number of hydrogen-bond acceptors (Lipinski definition) is 6. The van der Waals surface area contributed by atoms with Crippen LogP contribution in [0.2, 0.25) is 10.0 Å². The summed E-state index contributed by atoms with van der Waals surface area (Å²) < 4.78 is 22.1. The fourth-order valence-electron chi connectivity index (χ4n) is 3.31. The number of fused-ring (bicyclic) bond motifs is 1. The first-order valence-corrected chi connectivity index (χ1v) is 12.8. The molecule has 0 aliphatic rings. The Labute approximate surface area is 196 Å². The maximum Gasteiger partial charge on any atom is 0.161 e. The molecule has 0 spiro atoms. The minimum absolute atomic E-state index is 0.384. The first-order chi connectivity index (χ1) is 15.1. The molecule has 0 amide bonds. The lowest BCUT2D eigenvalue weighted by atomic mass is 10.1. The smallest absolute Gasteiger partial charge is 0.161 e. The topological polar surface area (TPSA) is 93.1 Å². The molecule has 1 aromatic carbocycles. The van der Waals surface area contributed by atoms with E-state index >= 15 is 0 Å². The number of aromatic nitrogens is 4. The number of pyridine rings is 2. The van der Waals surface area contributed by atoms with Gasteiger partial charge < -0.3 is 4.74 Å². The molecule has 166 valence electrons. The first-order valence-electron chi connectivity index (χ1n) is 9.71. The van der Waals surface area contributed by atoms with Crippen LogP contribution in [0.5, 0.6) is 5.75 Å². The summed E-state index contributed by atoms with van der Waals surface area (Å²) in [5.41, 5.74) is 3.77. The van der Waals surface area contributed by atoms with Crippen molar-refractivity contribution in [1.82, 2.24) is 20.2 Å². The van der Waals surface area contributed by atoms with Crippen LogP contribution >= 0.6 is 23.2 Å². The van der Waals surface area contributed by atoms with Crippen molar-refractivity contribution in [3.8, 4) is 17.0 Å². The van der Waals surface area contributed by atoms with Crippen molar-refractivity contribution in [2.24, 2.45) is 4.36 Å². The number of aryl methyl sites for hydroxylation is 1. The van der Waals surface area contributed by atoms with Crippen LogP contribution in [0, 0.1) is 6.92 Å². The van der Waals surface area contributed by atoms with Gasteiger partial charge in [-0.3, -0.25) is 10.1 Å².